The van der Waals surface area contributed by atoms with Gasteiger partial charge in [0.2, 0.25) is 11.8 Å². The molecule has 0 saturated carbocycles. The fourth-order valence-corrected chi connectivity index (χ4v) is 4.17. The van der Waals surface area contributed by atoms with Crippen LogP contribution in [0.3, 0.4) is 0 Å². The molecule has 34 heavy (non-hydrogen) atoms. The van der Waals surface area contributed by atoms with Crippen molar-refractivity contribution in [1.82, 2.24) is 10.3 Å². The summed E-state index contributed by atoms with van der Waals surface area (Å²) in [4.78, 5) is 29.4. The van der Waals surface area contributed by atoms with Crippen molar-refractivity contribution in [2.45, 2.75) is 19.3 Å². The molecule has 0 aliphatic rings. The van der Waals surface area contributed by atoms with Crippen LogP contribution in [-0.4, -0.2) is 37.4 Å². The molecule has 6 nitrogen and oxygen atoms in total. The molecule has 1 heterocycles. The van der Waals surface area contributed by atoms with Crippen molar-refractivity contribution in [3.63, 3.8) is 0 Å². The molecule has 0 aliphatic carbocycles. The number of anilines is 2. The van der Waals surface area contributed by atoms with E-state index >= 15 is 0 Å². The molecule has 0 saturated heterocycles. The van der Waals surface area contributed by atoms with Crippen LogP contribution in [0.1, 0.15) is 29.5 Å². The number of aromatic amines is 1. The molecular weight excluding hydrogens is 424 g/mol. The molecule has 4 aromatic rings. The maximum Gasteiger partial charge on any atom is 0.224 e. The Morgan fingerprint density at radius 3 is 2.32 bits per heavy atom. The van der Waals surface area contributed by atoms with Gasteiger partial charge in [0.1, 0.15) is 0 Å². The standard InChI is InChI=1S/C28H30N4O2/c1-19(33)31-22-12-8-20(9-13-22)16-28(34)30-17-25(21-10-14-23(15-11-21)32(2)3)26-18-29-27-7-5-4-6-24(26)27/h4-15,18,25,29H,16-17H2,1-3H3,(H,30,34)(H,31,33). The maximum atomic E-state index is 12.8. The summed E-state index contributed by atoms with van der Waals surface area (Å²) in [7, 11) is 4.05. The van der Waals surface area contributed by atoms with Crippen LogP contribution in [0.15, 0.2) is 79.0 Å². The third kappa shape index (κ3) is 5.46. The summed E-state index contributed by atoms with van der Waals surface area (Å²) >= 11 is 0. The first-order valence-corrected chi connectivity index (χ1v) is 11.4. The number of amides is 2. The van der Waals surface area contributed by atoms with Crippen LogP contribution in [0.25, 0.3) is 10.9 Å². The van der Waals surface area contributed by atoms with Gasteiger partial charge in [-0.1, -0.05) is 42.5 Å². The largest absolute Gasteiger partial charge is 0.378 e. The highest BCUT2D eigenvalue weighted by Gasteiger charge is 2.19. The number of para-hydroxylation sites is 1. The summed E-state index contributed by atoms with van der Waals surface area (Å²) in [6.07, 6.45) is 2.32. The fraction of sp³-hybridized carbons (Fsp3) is 0.214. The van der Waals surface area contributed by atoms with Gasteiger partial charge in [0.15, 0.2) is 0 Å². The van der Waals surface area contributed by atoms with Crippen LogP contribution < -0.4 is 15.5 Å². The zero-order valence-corrected chi connectivity index (χ0v) is 19.8. The number of benzene rings is 3. The second kappa shape index (κ2) is 10.3. The highest BCUT2D eigenvalue weighted by atomic mass is 16.2. The number of aromatic nitrogens is 1. The fourth-order valence-electron chi connectivity index (χ4n) is 4.17. The molecule has 174 valence electrons. The highest BCUT2D eigenvalue weighted by molar-refractivity contribution is 5.88. The average Bonchev–Trinajstić information content (AvgIpc) is 3.24. The summed E-state index contributed by atoms with van der Waals surface area (Å²) in [5.74, 6) is -0.145. The second-order valence-electron chi connectivity index (χ2n) is 8.69. The average molecular weight is 455 g/mol. The number of hydrogen-bond donors (Lipinski definition) is 3. The summed E-state index contributed by atoms with van der Waals surface area (Å²) < 4.78 is 0. The van der Waals surface area contributed by atoms with Crippen LogP contribution in [0, 0.1) is 0 Å². The van der Waals surface area contributed by atoms with Gasteiger partial charge in [-0.2, -0.15) is 0 Å². The number of nitrogens with one attached hydrogen (secondary N) is 3. The molecule has 0 fully saturated rings. The second-order valence-corrected chi connectivity index (χ2v) is 8.69. The van der Waals surface area contributed by atoms with Gasteiger partial charge in [0, 0.05) is 62.0 Å². The van der Waals surface area contributed by atoms with E-state index < -0.39 is 0 Å². The summed E-state index contributed by atoms with van der Waals surface area (Å²) in [6.45, 7) is 1.96. The summed E-state index contributed by atoms with van der Waals surface area (Å²) in [5.41, 5.74) is 6.14. The number of rotatable bonds is 8. The van der Waals surface area contributed by atoms with E-state index in [9.17, 15) is 9.59 Å². The molecule has 3 N–H and O–H groups in total. The molecule has 0 bridgehead atoms. The molecular formula is C28H30N4O2. The molecule has 1 aromatic heterocycles. The summed E-state index contributed by atoms with van der Waals surface area (Å²) in [6, 6.07) is 24.1. The Hall–Kier alpha value is -4.06. The van der Waals surface area contributed by atoms with E-state index in [-0.39, 0.29) is 24.2 Å². The minimum absolute atomic E-state index is 0.0125. The smallest absolute Gasteiger partial charge is 0.224 e. The van der Waals surface area contributed by atoms with Crippen molar-refractivity contribution in [1.29, 1.82) is 0 Å². The SMILES string of the molecule is CC(=O)Nc1ccc(CC(=O)NCC(c2ccc(N(C)C)cc2)c2c[nH]c3ccccc23)cc1. The third-order valence-corrected chi connectivity index (χ3v) is 5.95. The van der Waals surface area contributed by atoms with Gasteiger partial charge in [0.25, 0.3) is 0 Å². The Kier molecular flexibility index (Phi) is 6.97. The lowest BCUT2D eigenvalue weighted by Crippen LogP contribution is -2.30. The van der Waals surface area contributed by atoms with Gasteiger partial charge in [-0.3, -0.25) is 9.59 Å². The lowest BCUT2D eigenvalue weighted by Gasteiger charge is -2.20. The van der Waals surface area contributed by atoms with Crippen LogP contribution in [-0.2, 0) is 16.0 Å². The Bertz CT molecular complexity index is 1270. The van der Waals surface area contributed by atoms with Crippen molar-refractivity contribution in [3.8, 4) is 0 Å². The number of fused-ring (bicyclic) bond motifs is 1. The minimum atomic E-state index is -0.118. The van der Waals surface area contributed by atoms with Gasteiger partial charge in [-0.25, -0.2) is 0 Å². The molecule has 0 spiro atoms. The van der Waals surface area contributed by atoms with E-state index in [0.29, 0.717) is 6.54 Å². The van der Waals surface area contributed by atoms with Crippen molar-refractivity contribution < 1.29 is 9.59 Å². The lowest BCUT2D eigenvalue weighted by atomic mass is 9.90. The van der Waals surface area contributed by atoms with E-state index in [1.165, 1.54) is 6.92 Å². The number of carbonyl (C=O) groups excluding carboxylic acids is 2. The number of hydrogen-bond acceptors (Lipinski definition) is 3. The first kappa shape index (κ1) is 23.1. The Morgan fingerprint density at radius 2 is 1.65 bits per heavy atom. The van der Waals surface area contributed by atoms with Gasteiger partial charge < -0.3 is 20.5 Å². The minimum Gasteiger partial charge on any atom is -0.378 e. The molecule has 1 atom stereocenters. The topological polar surface area (TPSA) is 77.2 Å². The van der Waals surface area contributed by atoms with E-state index in [1.807, 2.05) is 56.7 Å². The van der Waals surface area contributed by atoms with Crippen LogP contribution >= 0.6 is 0 Å². The van der Waals surface area contributed by atoms with Gasteiger partial charge in [-0.15, -0.1) is 0 Å². The predicted molar refractivity (Wildman–Crippen MR) is 138 cm³/mol. The van der Waals surface area contributed by atoms with Crippen molar-refractivity contribution in [3.05, 3.63) is 95.7 Å². The zero-order chi connectivity index (χ0) is 24.1. The maximum absolute atomic E-state index is 12.8. The number of carbonyl (C=O) groups is 2. The molecule has 2 amide bonds. The zero-order valence-electron chi connectivity index (χ0n) is 19.8. The molecule has 6 heteroatoms. The van der Waals surface area contributed by atoms with Gasteiger partial charge in [0.05, 0.1) is 6.42 Å². The molecule has 4 rings (SSSR count). The molecule has 0 aliphatic heterocycles. The van der Waals surface area contributed by atoms with Crippen molar-refractivity contribution in [2.24, 2.45) is 0 Å². The van der Waals surface area contributed by atoms with E-state index in [4.69, 9.17) is 0 Å². The van der Waals surface area contributed by atoms with Gasteiger partial charge in [-0.05, 0) is 47.0 Å². The normalized spacial score (nSPS) is 11.7. The molecule has 0 radical (unpaired) electrons. The van der Waals surface area contributed by atoms with Crippen LogP contribution in [0.4, 0.5) is 11.4 Å². The first-order chi connectivity index (χ1) is 16.4. The van der Waals surface area contributed by atoms with Crippen LogP contribution in [0.2, 0.25) is 0 Å². The number of H-pyrrole nitrogens is 1. The van der Waals surface area contributed by atoms with Gasteiger partial charge >= 0.3 is 0 Å². The molecule has 1 unspecified atom stereocenters. The predicted octanol–water partition coefficient (Wildman–Crippen LogP) is 4.68. The Balaban J connectivity index is 1.51. The first-order valence-electron chi connectivity index (χ1n) is 11.4. The molecule has 3 aromatic carbocycles. The Labute approximate surface area is 200 Å². The monoisotopic (exact) mass is 454 g/mol. The lowest BCUT2D eigenvalue weighted by molar-refractivity contribution is -0.120. The van der Waals surface area contributed by atoms with Crippen LogP contribution in [0.5, 0.6) is 0 Å². The number of nitrogens with zero attached hydrogens (tertiary/aromatic N) is 1. The quantitative estimate of drug-likeness (QED) is 0.362. The van der Waals surface area contributed by atoms with Crippen molar-refractivity contribution >= 4 is 34.1 Å². The Morgan fingerprint density at radius 1 is 0.941 bits per heavy atom. The van der Waals surface area contributed by atoms with E-state index in [1.54, 1.807) is 0 Å². The van der Waals surface area contributed by atoms with Crippen molar-refractivity contribution in [2.75, 3.05) is 30.9 Å². The summed E-state index contributed by atoms with van der Waals surface area (Å²) in [5, 5.41) is 7.03. The highest BCUT2D eigenvalue weighted by Crippen LogP contribution is 2.31. The third-order valence-electron chi connectivity index (χ3n) is 5.95. The van der Waals surface area contributed by atoms with E-state index in [2.05, 4.69) is 56.9 Å². The van der Waals surface area contributed by atoms with E-state index in [0.717, 1.165) is 39.0 Å².